The van der Waals surface area contributed by atoms with Gasteiger partial charge in [0.1, 0.15) is 11.3 Å². The Kier molecular flexibility index (Phi) is 4.20. The Morgan fingerprint density at radius 2 is 2.04 bits per heavy atom. The molecule has 0 saturated heterocycles. The summed E-state index contributed by atoms with van der Waals surface area (Å²) in [6.45, 7) is 0.323. The van der Waals surface area contributed by atoms with Crippen LogP contribution in [0.15, 0.2) is 48.9 Å². The van der Waals surface area contributed by atoms with E-state index < -0.39 is 17.8 Å². The Balaban J connectivity index is 1.57. The maximum atomic E-state index is 12.4. The van der Waals surface area contributed by atoms with E-state index in [2.05, 4.69) is 15.3 Å². The fourth-order valence-corrected chi connectivity index (χ4v) is 2.21. The number of halogens is 3. The van der Waals surface area contributed by atoms with Gasteiger partial charge in [-0.05, 0) is 24.3 Å². The van der Waals surface area contributed by atoms with Gasteiger partial charge in [0.2, 0.25) is 0 Å². The van der Waals surface area contributed by atoms with Crippen molar-refractivity contribution in [3.63, 3.8) is 0 Å². The van der Waals surface area contributed by atoms with Crippen molar-refractivity contribution in [1.29, 1.82) is 0 Å². The van der Waals surface area contributed by atoms with Crippen molar-refractivity contribution < 1.29 is 18.0 Å². The van der Waals surface area contributed by atoms with Gasteiger partial charge < -0.3 is 9.72 Å². The van der Waals surface area contributed by atoms with Crippen molar-refractivity contribution >= 4 is 11.6 Å². The molecular formula is C16H13F3N4O. The summed E-state index contributed by atoms with van der Waals surface area (Å²) in [7, 11) is 0. The van der Waals surface area contributed by atoms with Gasteiger partial charge in [0, 0.05) is 31.6 Å². The SMILES string of the molecule is O=C(NCCc1cn2ccccc2n1)c1ccc(C(F)(F)F)nc1. The fourth-order valence-electron chi connectivity index (χ4n) is 2.21. The summed E-state index contributed by atoms with van der Waals surface area (Å²) in [4.78, 5) is 19.6. The molecule has 0 aliphatic heterocycles. The molecule has 0 radical (unpaired) electrons. The molecule has 0 aliphatic carbocycles. The van der Waals surface area contributed by atoms with Crippen LogP contribution >= 0.6 is 0 Å². The van der Waals surface area contributed by atoms with Crippen molar-refractivity contribution in [2.45, 2.75) is 12.6 Å². The summed E-state index contributed by atoms with van der Waals surface area (Å²) in [5.41, 5.74) is 0.680. The molecule has 0 bridgehead atoms. The van der Waals surface area contributed by atoms with Crippen molar-refractivity contribution in [2.75, 3.05) is 6.54 Å². The average molecular weight is 334 g/mol. The number of pyridine rings is 2. The first-order valence-electron chi connectivity index (χ1n) is 7.17. The number of amides is 1. The number of imidazole rings is 1. The second-order valence-electron chi connectivity index (χ2n) is 5.13. The standard InChI is InChI=1S/C16H13F3N4O/c17-16(18,19)13-5-4-11(9-21-13)15(24)20-7-6-12-10-23-8-2-1-3-14(23)22-12/h1-5,8-10H,6-7H2,(H,20,24). The third-order valence-corrected chi connectivity index (χ3v) is 3.40. The Hall–Kier alpha value is -2.90. The van der Waals surface area contributed by atoms with Crippen LogP contribution in [0.25, 0.3) is 5.65 Å². The smallest absolute Gasteiger partial charge is 0.352 e. The summed E-state index contributed by atoms with van der Waals surface area (Å²) in [5.74, 6) is -0.472. The predicted molar refractivity (Wildman–Crippen MR) is 80.5 cm³/mol. The van der Waals surface area contributed by atoms with E-state index in [1.807, 2.05) is 35.0 Å². The number of aromatic nitrogens is 3. The molecule has 0 aliphatic rings. The molecule has 1 N–H and O–H groups in total. The zero-order valence-corrected chi connectivity index (χ0v) is 12.4. The molecule has 0 aromatic carbocycles. The molecule has 8 heteroatoms. The van der Waals surface area contributed by atoms with Gasteiger partial charge in [-0.25, -0.2) is 4.98 Å². The topological polar surface area (TPSA) is 59.3 Å². The normalized spacial score (nSPS) is 11.6. The molecule has 0 fully saturated rings. The predicted octanol–water partition coefficient (Wildman–Crippen LogP) is 2.72. The van der Waals surface area contributed by atoms with Crippen molar-refractivity contribution in [3.8, 4) is 0 Å². The molecule has 0 saturated carbocycles. The molecular weight excluding hydrogens is 321 g/mol. The molecule has 24 heavy (non-hydrogen) atoms. The van der Waals surface area contributed by atoms with E-state index in [0.29, 0.717) is 13.0 Å². The molecule has 0 atom stereocenters. The number of fused-ring (bicyclic) bond motifs is 1. The highest BCUT2D eigenvalue weighted by atomic mass is 19.4. The fraction of sp³-hybridized carbons (Fsp3) is 0.188. The lowest BCUT2D eigenvalue weighted by Gasteiger charge is -2.07. The largest absolute Gasteiger partial charge is 0.433 e. The van der Waals surface area contributed by atoms with Gasteiger partial charge >= 0.3 is 6.18 Å². The van der Waals surface area contributed by atoms with E-state index >= 15 is 0 Å². The zero-order valence-electron chi connectivity index (χ0n) is 12.4. The van der Waals surface area contributed by atoms with E-state index in [9.17, 15) is 18.0 Å². The maximum Gasteiger partial charge on any atom is 0.433 e. The van der Waals surface area contributed by atoms with E-state index in [-0.39, 0.29) is 5.56 Å². The van der Waals surface area contributed by atoms with E-state index in [1.54, 1.807) is 0 Å². The second-order valence-corrected chi connectivity index (χ2v) is 5.13. The van der Waals surface area contributed by atoms with Gasteiger partial charge in [-0.1, -0.05) is 6.07 Å². The first kappa shape index (κ1) is 16.0. The third-order valence-electron chi connectivity index (χ3n) is 3.40. The number of carbonyl (C=O) groups is 1. The van der Waals surface area contributed by atoms with Crippen LogP contribution < -0.4 is 5.32 Å². The minimum Gasteiger partial charge on any atom is -0.352 e. The van der Waals surface area contributed by atoms with Crippen molar-refractivity contribution in [2.24, 2.45) is 0 Å². The van der Waals surface area contributed by atoms with E-state index in [4.69, 9.17) is 0 Å². The number of hydrogen-bond donors (Lipinski definition) is 1. The van der Waals surface area contributed by atoms with E-state index in [1.165, 1.54) is 0 Å². The molecule has 124 valence electrons. The molecule has 1 amide bonds. The maximum absolute atomic E-state index is 12.4. The molecule has 3 heterocycles. The lowest BCUT2D eigenvalue weighted by molar-refractivity contribution is -0.141. The lowest BCUT2D eigenvalue weighted by atomic mass is 10.2. The Morgan fingerprint density at radius 1 is 1.21 bits per heavy atom. The Morgan fingerprint density at radius 3 is 2.71 bits per heavy atom. The zero-order chi connectivity index (χ0) is 17.2. The highest BCUT2D eigenvalue weighted by molar-refractivity contribution is 5.93. The molecule has 3 aromatic rings. The summed E-state index contributed by atoms with van der Waals surface area (Å²) in [6.07, 6.45) is 0.655. The number of rotatable bonds is 4. The first-order chi connectivity index (χ1) is 11.4. The van der Waals surface area contributed by atoms with Gasteiger partial charge in [0.25, 0.3) is 5.91 Å². The summed E-state index contributed by atoms with van der Waals surface area (Å²) in [5, 5.41) is 2.64. The monoisotopic (exact) mass is 334 g/mol. The van der Waals surface area contributed by atoms with Gasteiger partial charge in [0.05, 0.1) is 11.3 Å². The van der Waals surface area contributed by atoms with Crippen molar-refractivity contribution in [1.82, 2.24) is 19.7 Å². The molecule has 0 unspecified atom stereocenters. The van der Waals surface area contributed by atoms with Crippen LogP contribution in [0, 0.1) is 0 Å². The van der Waals surface area contributed by atoms with Crippen LogP contribution in [0.4, 0.5) is 13.2 Å². The van der Waals surface area contributed by atoms with Crippen LogP contribution in [0.2, 0.25) is 0 Å². The Labute approximate surface area is 135 Å². The average Bonchev–Trinajstić information content (AvgIpc) is 2.96. The Bertz CT molecular complexity index is 823. The van der Waals surface area contributed by atoms with E-state index in [0.717, 1.165) is 29.7 Å². The van der Waals surface area contributed by atoms with Gasteiger partial charge in [-0.15, -0.1) is 0 Å². The van der Waals surface area contributed by atoms with Gasteiger partial charge in [-0.3, -0.25) is 9.78 Å². The summed E-state index contributed by atoms with van der Waals surface area (Å²) < 4.78 is 39.2. The van der Waals surface area contributed by atoms with Gasteiger partial charge in [-0.2, -0.15) is 13.2 Å². The summed E-state index contributed by atoms with van der Waals surface area (Å²) >= 11 is 0. The quantitative estimate of drug-likeness (QED) is 0.798. The van der Waals surface area contributed by atoms with Gasteiger partial charge in [0.15, 0.2) is 0 Å². The summed E-state index contributed by atoms with van der Waals surface area (Å²) in [6, 6.07) is 7.53. The minimum absolute atomic E-state index is 0.0815. The molecule has 0 spiro atoms. The number of nitrogens with one attached hydrogen (secondary N) is 1. The van der Waals surface area contributed by atoms with Crippen LogP contribution in [0.5, 0.6) is 0 Å². The first-order valence-corrected chi connectivity index (χ1v) is 7.17. The van der Waals surface area contributed by atoms with Crippen LogP contribution in [0.3, 0.4) is 0 Å². The third kappa shape index (κ3) is 3.53. The number of hydrogen-bond acceptors (Lipinski definition) is 3. The molecule has 3 rings (SSSR count). The lowest BCUT2D eigenvalue weighted by Crippen LogP contribution is -2.26. The number of alkyl halides is 3. The molecule has 5 nitrogen and oxygen atoms in total. The minimum atomic E-state index is -4.52. The van der Waals surface area contributed by atoms with Crippen LogP contribution in [-0.2, 0) is 12.6 Å². The number of carbonyl (C=O) groups excluding carboxylic acids is 1. The van der Waals surface area contributed by atoms with Crippen LogP contribution in [0.1, 0.15) is 21.7 Å². The second kappa shape index (κ2) is 6.31. The molecule has 3 aromatic heterocycles. The highest BCUT2D eigenvalue weighted by Crippen LogP contribution is 2.27. The van der Waals surface area contributed by atoms with Crippen molar-refractivity contribution in [3.05, 3.63) is 65.9 Å². The van der Waals surface area contributed by atoms with Crippen LogP contribution in [-0.4, -0.2) is 26.8 Å². The number of nitrogens with zero attached hydrogens (tertiary/aromatic N) is 3. The highest BCUT2D eigenvalue weighted by Gasteiger charge is 2.32.